The SMILES string of the molecule is COc1ccc(COc2c(/C=C/C(=O)NO)cc3ccoc3c2OCC=C(C)C)cc1.[Li+]. The summed E-state index contributed by atoms with van der Waals surface area (Å²) in [5, 5.41) is 9.60. The number of carbonyl (C=O) groups excluding carboxylic acids is 1. The summed E-state index contributed by atoms with van der Waals surface area (Å²) in [5.74, 6) is 0.977. The van der Waals surface area contributed by atoms with Gasteiger partial charge >= 0.3 is 18.9 Å². The van der Waals surface area contributed by atoms with E-state index in [9.17, 15) is 4.79 Å². The van der Waals surface area contributed by atoms with Gasteiger partial charge in [-0.25, -0.2) is 5.48 Å². The van der Waals surface area contributed by atoms with Crippen LogP contribution in [0.5, 0.6) is 17.2 Å². The molecule has 0 atom stereocenters. The Kier molecular flexibility index (Phi) is 9.48. The van der Waals surface area contributed by atoms with E-state index in [0.717, 1.165) is 22.3 Å². The zero-order valence-corrected chi connectivity index (χ0v) is 18.7. The summed E-state index contributed by atoms with van der Waals surface area (Å²) in [6.45, 7) is 4.57. The van der Waals surface area contributed by atoms with E-state index in [1.807, 2.05) is 50.3 Å². The van der Waals surface area contributed by atoms with Gasteiger partial charge in [0, 0.05) is 17.0 Å². The maximum absolute atomic E-state index is 11.5. The molecule has 0 unspecified atom stereocenters. The first-order valence-electron chi connectivity index (χ1n) is 9.70. The number of hydrogen-bond acceptors (Lipinski definition) is 6. The molecule has 3 aromatic rings. The average molecular weight is 430 g/mol. The fraction of sp³-hybridized carbons (Fsp3) is 0.208. The predicted molar refractivity (Wildman–Crippen MR) is 117 cm³/mol. The van der Waals surface area contributed by atoms with Gasteiger partial charge in [-0.3, -0.25) is 10.0 Å². The molecular weight excluding hydrogens is 405 g/mol. The van der Waals surface area contributed by atoms with E-state index < -0.39 is 5.91 Å². The maximum Gasteiger partial charge on any atom is 1.00 e. The van der Waals surface area contributed by atoms with Gasteiger partial charge in [-0.2, -0.15) is 0 Å². The molecular formula is C24H25LiNO6+. The Balaban J connectivity index is 0.00000363. The number of hydroxylamine groups is 1. The average Bonchev–Trinajstić information content (AvgIpc) is 3.25. The van der Waals surface area contributed by atoms with Crippen molar-refractivity contribution in [1.29, 1.82) is 0 Å². The van der Waals surface area contributed by atoms with Crippen molar-refractivity contribution in [2.75, 3.05) is 13.7 Å². The number of carbonyl (C=O) groups is 1. The quantitative estimate of drug-likeness (QED) is 0.177. The summed E-state index contributed by atoms with van der Waals surface area (Å²) in [6.07, 6.45) is 6.28. The van der Waals surface area contributed by atoms with Gasteiger partial charge in [0.05, 0.1) is 13.4 Å². The summed E-state index contributed by atoms with van der Waals surface area (Å²) in [4.78, 5) is 11.5. The largest absolute Gasteiger partial charge is 1.00 e. The molecule has 1 aromatic heterocycles. The Hall–Kier alpha value is -3.11. The third-order valence-electron chi connectivity index (χ3n) is 4.47. The zero-order chi connectivity index (χ0) is 22.2. The van der Waals surface area contributed by atoms with Crippen LogP contribution in [-0.2, 0) is 11.4 Å². The number of fused-ring (bicyclic) bond motifs is 1. The molecule has 0 aliphatic heterocycles. The van der Waals surface area contributed by atoms with E-state index in [4.69, 9.17) is 23.8 Å². The first-order chi connectivity index (χ1) is 15.0. The summed E-state index contributed by atoms with van der Waals surface area (Å²) in [7, 11) is 1.61. The van der Waals surface area contributed by atoms with Gasteiger partial charge in [-0.15, -0.1) is 0 Å². The van der Waals surface area contributed by atoms with Crippen LogP contribution in [0.2, 0.25) is 0 Å². The van der Waals surface area contributed by atoms with Crippen LogP contribution in [0.15, 0.2) is 64.8 Å². The Labute approximate surface area is 198 Å². The molecule has 0 spiro atoms. The second-order valence-electron chi connectivity index (χ2n) is 7.00. The molecule has 0 aliphatic rings. The zero-order valence-electron chi connectivity index (χ0n) is 18.7. The molecule has 7 nitrogen and oxygen atoms in total. The molecule has 0 bridgehead atoms. The topological polar surface area (TPSA) is 90.2 Å². The van der Waals surface area contributed by atoms with Gasteiger partial charge in [0.25, 0.3) is 5.91 Å². The van der Waals surface area contributed by atoms with Gasteiger partial charge < -0.3 is 18.6 Å². The monoisotopic (exact) mass is 430 g/mol. The molecule has 0 radical (unpaired) electrons. The van der Waals surface area contributed by atoms with Gasteiger partial charge in [0.1, 0.15) is 19.0 Å². The third-order valence-corrected chi connectivity index (χ3v) is 4.47. The molecule has 0 aliphatic carbocycles. The second kappa shape index (κ2) is 12.1. The molecule has 2 N–H and O–H groups in total. The Morgan fingerprint density at radius 2 is 1.88 bits per heavy atom. The standard InChI is InChI=1S/C24H25NO6.Li/c1-16(2)10-12-30-24-22-19(11-13-29-22)14-18(6-9-21(26)25-27)23(24)31-15-17-4-7-20(28-3)8-5-17;/h4-11,13-14,27H,12,15H2,1-3H3,(H,25,26);/q;+1/b9-6+;. The molecule has 1 amide bonds. The van der Waals surface area contributed by atoms with Crippen LogP contribution < -0.4 is 38.6 Å². The fourth-order valence-corrected chi connectivity index (χ4v) is 2.86. The molecule has 32 heavy (non-hydrogen) atoms. The van der Waals surface area contributed by atoms with Crippen molar-refractivity contribution in [2.24, 2.45) is 0 Å². The van der Waals surface area contributed by atoms with Crippen LogP contribution in [0.25, 0.3) is 17.0 Å². The molecule has 8 heteroatoms. The predicted octanol–water partition coefficient (Wildman–Crippen LogP) is 1.89. The normalized spacial score (nSPS) is 10.5. The molecule has 2 aromatic carbocycles. The molecule has 3 rings (SSSR count). The number of allylic oxidation sites excluding steroid dienone is 1. The summed E-state index contributed by atoms with van der Waals surface area (Å²) in [6, 6.07) is 11.2. The number of amides is 1. The van der Waals surface area contributed by atoms with Crippen molar-refractivity contribution in [1.82, 2.24) is 5.48 Å². The van der Waals surface area contributed by atoms with Gasteiger partial charge in [-0.1, -0.05) is 17.7 Å². The van der Waals surface area contributed by atoms with Crippen LogP contribution in [0.3, 0.4) is 0 Å². The van der Waals surface area contributed by atoms with Crippen LogP contribution in [-0.4, -0.2) is 24.8 Å². The summed E-state index contributed by atoms with van der Waals surface area (Å²) in [5.41, 5.74) is 4.79. The minimum absolute atomic E-state index is 0. The van der Waals surface area contributed by atoms with Crippen molar-refractivity contribution in [2.45, 2.75) is 20.5 Å². The molecule has 0 saturated heterocycles. The Morgan fingerprint density at radius 1 is 1.12 bits per heavy atom. The van der Waals surface area contributed by atoms with E-state index in [0.29, 0.717) is 29.3 Å². The minimum Gasteiger partial charge on any atom is -0.497 e. The summed E-state index contributed by atoms with van der Waals surface area (Å²) >= 11 is 0. The van der Waals surface area contributed by atoms with Crippen LogP contribution in [0, 0.1) is 0 Å². The fourth-order valence-electron chi connectivity index (χ4n) is 2.86. The van der Waals surface area contributed by atoms with Crippen molar-refractivity contribution in [3.63, 3.8) is 0 Å². The van der Waals surface area contributed by atoms with Crippen LogP contribution in [0.1, 0.15) is 25.0 Å². The summed E-state index contributed by atoms with van der Waals surface area (Å²) < 4.78 is 23.0. The van der Waals surface area contributed by atoms with Crippen molar-refractivity contribution in [3.05, 3.63) is 71.5 Å². The van der Waals surface area contributed by atoms with Crippen molar-refractivity contribution in [3.8, 4) is 17.2 Å². The Bertz CT molecular complexity index is 1100. The molecule has 0 fully saturated rings. The molecule has 162 valence electrons. The maximum atomic E-state index is 11.5. The first kappa shape index (κ1) is 25.2. The van der Waals surface area contributed by atoms with Gasteiger partial charge in [0.2, 0.25) is 5.75 Å². The minimum atomic E-state index is -0.652. The number of ether oxygens (including phenoxy) is 3. The van der Waals surface area contributed by atoms with Crippen LogP contribution >= 0.6 is 0 Å². The van der Waals surface area contributed by atoms with Gasteiger partial charge in [0.15, 0.2) is 11.3 Å². The van der Waals surface area contributed by atoms with Crippen molar-refractivity contribution < 1.29 is 47.5 Å². The van der Waals surface area contributed by atoms with Crippen LogP contribution in [0.4, 0.5) is 0 Å². The van der Waals surface area contributed by atoms with E-state index in [-0.39, 0.29) is 25.5 Å². The number of rotatable bonds is 9. The van der Waals surface area contributed by atoms with E-state index in [1.165, 1.54) is 6.08 Å². The van der Waals surface area contributed by atoms with E-state index in [2.05, 4.69) is 0 Å². The van der Waals surface area contributed by atoms with Crippen molar-refractivity contribution >= 4 is 23.0 Å². The number of benzene rings is 2. The number of nitrogens with one attached hydrogen (secondary N) is 1. The smallest absolute Gasteiger partial charge is 0.497 e. The number of furan rings is 1. The second-order valence-corrected chi connectivity index (χ2v) is 7.00. The third kappa shape index (κ3) is 6.44. The number of methoxy groups -OCH3 is 1. The number of hydrogen-bond donors (Lipinski definition) is 2. The van der Waals surface area contributed by atoms with Gasteiger partial charge in [-0.05, 0) is 55.8 Å². The first-order valence-corrected chi connectivity index (χ1v) is 9.70. The molecule has 0 saturated carbocycles. The Morgan fingerprint density at radius 3 is 2.53 bits per heavy atom. The van der Waals surface area contributed by atoms with E-state index >= 15 is 0 Å². The van der Waals surface area contributed by atoms with E-state index in [1.54, 1.807) is 31.0 Å². The molecule has 1 heterocycles.